The molecule has 0 saturated heterocycles. The first kappa shape index (κ1) is 13.7. The average molecular weight is 275 g/mol. The Morgan fingerprint density at radius 3 is 3.12 bits per heavy atom. The molecule has 92 valence electrons. The number of halogens is 1. The van der Waals surface area contributed by atoms with E-state index in [1.165, 1.54) is 0 Å². The Kier molecular flexibility index (Phi) is 5.71. The second-order valence-electron chi connectivity index (χ2n) is 2.92. The van der Waals surface area contributed by atoms with Crippen molar-refractivity contribution in [2.24, 2.45) is 0 Å². The van der Waals surface area contributed by atoms with E-state index in [1.807, 2.05) is 0 Å². The van der Waals surface area contributed by atoms with Gasteiger partial charge in [-0.25, -0.2) is 4.98 Å². The zero-order valence-corrected chi connectivity index (χ0v) is 10.5. The van der Waals surface area contributed by atoms with Gasteiger partial charge in [0.15, 0.2) is 0 Å². The second kappa shape index (κ2) is 7.08. The van der Waals surface area contributed by atoms with Crippen molar-refractivity contribution in [1.82, 2.24) is 9.97 Å². The van der Waals surface area contributed by atoms with Crippen LogP contribution in [0.15, 0.2) is 18.9 Å². The molecule has 1 rings (SSSR count). The van der Waals surface area contributed by atoms with E-state index in [0.29, 0.717) is 6.54 Å². The van der Waals surface area contributed by atoms with Gasteiger partial charge in [-0.3, -0.25) is 10.1 Å². The molecule has 8 heteroatoms. The number of nitrogens with one attached hydrogen (secondary N) is 1. The zero-order valence-electron chi connectivity index (χ0n) is 8.93. The first-order valence-electron chi connectivity index (χ1n) is 4.74. The van der Waals surface area contributed by atoms with Gasteiger partial charge < -0.3 is 5.32 Å². The minimum Gasteiger partial charge on any atom is -0.363 e. The summed E-state index contributed by atoms with van der Waals surface area (Å²) >= 11 is 7.24. The predicted molar refractivity (Wildman–Crippen MR) is 69.7 cm³/mol. The van der Waals surface area contributed by atoms with Gasteiger partial charge >= 0.3 is 5.69 Å². The minimum absolute atomic E-state index is 0.0168. The summed E-state index contributed by atoms with van der Waals surface area (Å²) in [5.41, 5.74) is -0.178. The highest BCUT2D eigenvalue weighted by Gasteiger charge is 2.16. The van der Waals surface area contributed by atoms with Crippen molar-refractivity contribution in [3.63, 3.8) is 0 Å². The molecule has 0 aliphatic rings. The maximum atomic E-state index is 10.7. The van der Waals surface area contributed by atoms with Crippen LogP contribution in [0.1, 0.15) is 0 Å². The minimum atomic E-state index is -0.546. The standard InChI is InChI=1S/C9H11ClN4O2S/c1-2-4-17-5-3-11-8-7(14(15)16)6-12-9(10)13-8/h2,6H,1,3-5H2,(H,11,12,13). The Labute approximate surface area is 108 Å². The van der Waals surface area contributed by atoms with Crippen LogP contribution in [0.5, 0.6) is 0 Å². The van der Waals surface area contributed by atoms with E-state index in [2.05, 4.69) is 21.9 Å². The molecule has 0 saturated carbocycles. The SMILES string of the molecule is C=CCSCCNc1nc(Cl)ncc1[N+](=O)[O-]. The number of anilines is 1. The molecule has 0 atom stereocenters. The molecular formula is C9H11ClN4O2S. The Morgan fingerprint density at radius 2 is 2.47 bits per heavy atom. The quantitative estimate of drug-likeness (QED) is 0.270. The lowest BCUT2D eigenvalue weighted by Crippen LogP contribution is -2.09. The number of thioether (sulfide) groups is 1. The van der Waals surface area contributed by atoms with E-state index in [0.717, 1.165) is 17.7 Å². The molecule has 0 radical (unpaired) electrons. The molecule has 0 amide bonds. The van der Waals surface area contributed by atoms with Crippen LogP contribution in [-0.2, 0) is 0 Å². The van der Waals surface area contributed by atoms with Gasteiger partial charge in [-0.05, 0) is 11.6 Å². The molecule has 0 bridgehead atoms. The summed E-state index contributed by atoms with van der Waals surface area (Å²) in [6.07, 6.45) is 2.89. The monoisotopic (exact) mass is 274 g/mol. The molecule has 0 spiro atoms. The fraction of sp³-hybridized carbons (Fsp3) is 0.333. The number of rotatable bonds is 7. The Morgan fingerprint density at radius 1 is 1.71 bits per heavy atom. The largest absolute Gasteiger partial charge is 0.363 e. The topological polar surface area (TPSA) is 81.0 Å². The van der Waals surface area contributed by atoms with Crippen molar-refractivity contribution in [3.8, 4) is 0 Å². The van der Waals surface area contributed by atoms with Gasteiger partial charge in [0.2, 0.25) is 11.1 Å². The lowest BCUT2D eigenvalue weighted by Gasteiger charge is -2.05. The molecule has 0 aliphatic carbocycles. The van der Waals surface area contributed by atoms with Crippen LogP contribution in [0.25, 0.3) is 0 Å². The summed E-state index contributed by atoms with van der Waals surface area (Å²) in [6, 6.07) is 0. The first-order chi connectivity index (χ1) is 8.15. The van der Waals surface area contributed by atoms with Crippen LogP contribution in [0.3, 0.4) is 0 Å². The Balaban J connectivity index is 2.59. The van der Waals surface area contributed by atoms with Gasteiger partial charge in [-0.15, -0.1) is 6.58 Å². The second-order valence-corrected chi connectivity index (χ2v) is 4.41. The molecule has 0 fully saturated rings. The molecule has 1 heterocycles. The van der Waals surface area contributed by atoms with Crippen LogP contribution >= 0.6 is 23.4 Å². The van der Waals surface area contributed by atoms with Crippen molar-refractivity contribution in [2.75, 3.05) is 23.4 Å². The van der Waals surface area contributed by atoms with Crippen LogP contribution in [0.2, 0.25) is 5.28 Å². The highest BCUT2D eigenvalue weighted by molar-refractivity contribution is 7.99. The molecule has 1 N–H and O–H groups in total. The van der Waals surface area contributed by atoms with Gasteiger partial charge in [0.1, 0.15) is 6.20 Å². The highest BCUT2D eigenvalue weighted by atomic mass is 35.5. The van der Waals surface area contributed by atoms with E-state index in [1.54, 1.807) is 17.8 Å². The third-order valence-corrected chi connectivity index (χ3v) is 2.86. The number of aromatic nitrogens is 2. The Hall–Kier alpha value is -1.34. The highest BCUT2D eigenvalue weighted by Crippen LogP contribution is 2.21. The number of nitrogens with zero attached hydrogens (tertiary/aromatic N) is 3. The summed E-state index contributed by atoms with van der Waals surface area (Å²) in [5, 5.41) is 13.5. The predicted octanol–water partition coefficient (Wildman–Crippen LogP) is 2.37. The fourth-order valence-electron chi connectivity index (χ4n) is 1.03. The van der Waals surface area contributed by atoms with Gasteiger partial charge in [0, 0.05) is 18.1 Å². The van der Waals surface area contributed by atoms with E-state index < -0.39 is 4.92 Å². The fourth-order valence-corrected chi connectivity index (χ4v) is 1.74. The third-order valence-electron chi connectivity index (χ3n) is 1.71. The van der Waals surface area contributed by atoms with Crippen molar-refractivity contribution in [2.45, 2.75) is 0 Å². The summed E-state index contributed by atoms with van der Waals surface area (Å²) in [7, 11) is 0. The van der Waals surface area contributed by atoms with Gasteiger partial charge in [-0.1, -0.05) is 6.08 Å². The number of hydrogen-bond acceptors (Lipinski definition) is 6. The van der Waals surface area contributed by atoms with Gasteiger partial charge in [0.25, 0.3) is 0 Å². The molecule has 17 heavy (non-hydrogen) atoms. The molecule has 1 aromatic heterocycles. The van der Waals surface area contributed by atoms with E-state index >= 15 is 0 Å². The Bertz CT molecular complexity index is 416. The van der Waals surface area contributed by atoms with Crippen LogP contribution < -0.4 is 5.32 Å². The van der Waals surface area contributed by atoms with Crippen molar-refractivity contribution in [3.05, 3.63) is 34.2 Å². The molecule has 6 nitrogen and oxygen atoms in total. The van der Waals surface area contributed by atoms with Crippen LogP contribution in [-0.4, -0.2) is 32.9 Å². The van der Waals surface area contributed by atoms with Crippen LogP contribution in [0.4, 0.5) is 11.5 Å². The third kappa shape index (κ3) is 4.58. The lowest BCUT2D eigenvalue weighted by molar-refractivity contribution is -0.384. The van der Waals surface area contributed by atoms with E-state index in [-0.39, 0.29) is 16.8 Å². The number of hydrogen-bond donors (Lipinski definition) is 1. The number of nitro groups is 1. The lowest BCUT2D eigenvalue weighted by atomic mass is 10.5. The maximum Gasteiger partial charge on any atom is 0.329 e. The molecule has 0 aliphatic heterocycles. The molecule has 1 aromatic rings. The zero-order chi connectivity index (χ0) is 12.7. The van der Waals surface area contributed by atoms with Crippen molar-refractivity contribution >= 4 is 34.9 Å². The summed E-state index contributed by atoms with van der Waals surface area (Å²) < 4.78 is 0. The van der Waals surface area contributed by atoms with Gasteiger partial charge in [0.05, 0.1) is 4.92 Å². The first-order valence-corrected chi connectivity index (χ1v) is 6.28. The van der Waals surface area contributed by atoms with E-state index in [4.69, 9.17) is 11.6 Å². The van der Waals surface area contributed by atoms with Crippen LogP contribution in [0, 0.1) is 10.1 Å². The molecular weight excluding hydrogens is 264 g/mol. The molecule has 0 unspecified atom stereocenters. The summed E-state index contributed by atoms with van der Waals surface area (Å²) in [6.45, 7) is 4.16. The van der Waals surface area contributed by atoms with Crippen molar-refractivity contribution in [1.29, 1.82) is 0 Å². The summed E-state index contributed by atoms with van der Waals surface area (Å²) in [5.74, 6) is 1.79. The van der Waals surface area contributed by atoms with Gasteiger partial charge in [-0.2, -0.15) is 16.7 Å². The maximum absolute atomic E-state index is 10.7. The van der Waals surface area contributed by atoms with E-state index in [9.17, 15) is 10.1 Å². The molecule has 0 aromatic carbocycles. The average Bonchev–Trinajstić information content (AvgIpc) is 2.28. The smallest absolute Gasteiger partial charge is 0.329 e. The normalized spacial score (nSPS) is 9.94. The summed E-state index contributed by atoms with van der Waals surface area (Å²) in [4.78, 5) is 17.5. The van der Waals surface area contributed by atoms with Crippen molar-refractivity contribution < 1.29 is 4.92 Å².